The van der Waals surface area contributed by atoms with E-state index in [1.54, 1.807) is 30.3 Å². The minimum Gasteiger partial charge on any atom is -0.504 e. The van der Waals surface area contributed by atoms with Crippen molar-refractivity contribution in [3.63, 3.8) is 0 Å². The van der Waals surface area contributed by atoms with Crippen LogP contribution in [0.2, 0.25) is 0 Å². The van der Waals surface area contributed by atoms with E-state index in [1.807, 2.05) is 0 Å². The van der Waals surface area contributed by atoms with Gasteiger partial charge in [0.15, 0.2) is 11.5 Å². The molecule has 0 aromatic heterocycles. The molecular formula is C19H20O9. The summed E-state index contributed by atoms with van der Waals surface area (Å²) in [7, 11) is 0. The van der Waals surface area contributed by atoms with Gasteiger partial charge in [0.2, 0.25) is 6.29 Å². The van der Waals surface area contributed by atoms with Crippen LogP contribution in [0.15, 0.2) is 48.5 Å². The first-order valence-electron chi connectivity index (χ1n) is 8.47. The third-order valence-electron chi connectivity index (χ3n) is 4.26. The Morgan fingerprint density at radius 1 is 0.929 bits per heavy atom. The molecular weight excluding hydrogens is 372 g/mol. The molecule has 1 heterocycles. The molecule has 0 amide bonds. The van der Waals surface area contributed by atoms with Gasteiger partial charge in [0.25, 0.3) is 0 Å². The lowest BCUT2D eigenvalue weighted by molar-refractivity contribution is -0.277. The van der Waals surface area contributed by atoms with Gasteiger partial charge in [-0.15, -0.1) is 0 Å². The fourth-order valence-electron chi connectivity index (χ4n) is 2.68. The number of hydrogen-bond acceptors (Lipinski definition) is 9. The number of esters is 1. The molecule has 9 nitrogen and oxygen atoms in total. The zero-order valence-electron chi connectivity index (χ0n) is 14.6. The zero-order valence-corrected chi connectivity index (χ0v) is 14.6. The van der Waals surface area contributed by atoms with Crippen molar-refractivity contribution in [2.75, 3.05) is 6.61 Å². The normalized spacial score (nSPS) is 27.2. The van der Waals surface area contributed by atoms with E-state index >= 15 is 0 Å². The number of aliphatic hydroxyl groups excluding tert-OH is 3. The monoisotopic (exact) mass is 392 g/mol. The Balaban J connectivity index is 1.66. The standard InChI is InChI=1S/C19H20O9/c20-12-7-6-11(8-13(12)21)27-19-17(24)16(23)15(22)14(28-19)9-26-18(25)10-4-2-1-3-5-10/h1-8,14-17,19-24H,9H2/t14-,15-,16+,17-,19-/m1/s1. The number of rotatable bonds is 5. The Bertz CT molecular complexity index is 810. The lowest BCUT2D eigenvalue weighted by Gasteiger charge is -2.39. The molecule has 0 unspecified atom stereocenters. The molecule has 0 radical (unpaired) electrons. The quantitative estimate of drug-likeness (QED) is 0.354. The van der Waals surface area contributed by atoms with E-state index in [0.717, 1.165) is 6.07 Å². The molecule has 0 bridgehead atoms. The second-order valence-electron chi connectivity index (χ2n) is 6.25. The fraction of sp³-hybridized carbons (Fsp3) is 0.316. The van der Waals surface area contributed by atoms with Gasteiger partial charge in [-0.05, 0) is 24.3 Å². The van der Waals surface area contributed by atoms with Crippen LogP contribution in [0.4, 0.5) is 0 Å². The molecule has 2 aromatic rings. The third kappa shape index (κ3) is 4.34. The second kappa shape index (κ2) is 8.44. The average Bonchev–Trinajstić information content (AvgIpc) is 2.70. The highest BCUT2D eigenvalue weighted by Gasteiger charge is 2.45. The van der Waals surface area contributed by atoms with Gasteiger partial charge in [-0.1, -0.05) is 18.2 Å². The van der Waals surface area contributed by atoms with E-state index in [0.29, 0.717) is 5.56 Å². The van der Waals surface area contributed by atoms with Crippen LogP contribution in [0.3, 0.4) is 0 Å². The molecule has 2 aromatic carbocycles. The number of carbonyl (C=O) groups excluding carboxylic acids is 1. The lowest BCUT2D eigenvalue weighted by Crippen LogP contribution is -2.60. The van der Waals surface area contributed by atoms with Crippen molar-refractivity contribution < 1.29 is 44.5 Å². The summed E-state index contributed by atoms with van der Waals surface area (Å²) in [6.07, 6.45) is -7.33. The summed E-state index contributed by atoms with van der Waals surface area (Å²) in [5, 5.41) is 49.1. The van der Waals surface area contributed by atoms with Crippen molar-refractivity contribution in [1.29, 1.82) is 0 Å². The van der Waals surface area contributed by atoms with E-state index in [2.05, 4.69) is 0 Å². The molecule has 0 aliphatic carbocycles. The van der Waals surface area contributed by atoms with Crippen LogP contribution < -0.4 is 4.74 Å². The number of aliphatic hydroxyl groups is 3. The van der Waals surface area contributed by atoms with Crippen molar-refractivity contribution in [3.05, 3.63) is 54.1 Å². The van der Waals surface area contributed by atoms with Crippen LogP contribution in [0.5, 0.6) is 17.2 Å². The predicted octanol–water partition coefficient (Wildman–Crippen LogP) is 0.141. The molecule has 5 N–H and O–H groups in total. The number of benzene rings is 2. The maximum absolute atomic E-state index is 12.0. The summed E-state index contributed by atoms with van der Waals surface area (Å²) in [4.78, 5) is 12.0. The summed E-state index contributed by atoms with van der Waals surface area (Å²) in [5.41, 5.74) is 0.306. The van der Waals surface area contributed by atoms with Crippen molar-refractivity contribution in [2.45, 2.75) is 30.7 Å². The van der Waals surface area contributed by atoms with Gasteiger partial charge in [-0.3, -0.25) is 0 Å². The highest BCUT2D eigenvalue weighted by Crippen LogP contribution is 2.31. The summed E-state index contributed by atoms with van der Waals surface area (Å²) in [6, 6.07) is 11.8. The molecule has 3 rings (SSSR count). The average molecular weight is 392 g/mol. The summed E-state index contributed by atoms with van der Waals surface area (Å²) >= 11 is 0. The van der Waals surface area contributed by atoms with Crippen LogP contribution in [-0.4, -0.2) is 68.8 Å². The number of ether oxygens (including phenoxy) is 3. The number of aromatic hydroxyl groups is 2. The Hall–Kier alpha value is -2.85. The van der Waals surface area contributed by atoms with Gasteiger partial charge in [-0.25, -0.2) is 4.79 Å². The number of phenolic OH excluding ortho intramolecular Hbond substituents is 2. The highest BCUT2D eigenvalue weighted by molar-refractivity contribution is 5.89. The van der Waals surface area contributed by atoms with Gasteiger partial charge >= 0.3 is 5.97 Å². The maximum Gasteiger partial charge on any atom is 0.338 e. The molecule has 5 atom stereocenters. The van der Waals surface area contributed by atoms with Crippen LogP contribution in [0.25, 0.3) is 0 Å². The first-order chi connectivity index (χ1) is 13.4. The van der Waals surface area contributed by atoms with E-state index < -0.39 is 42.4 Å². The minimum absolute atomic E-state index is 0.0444. The van der Waals surface area contributed by atoms with E-state index in [-0.39, 0.29) is 18.1 Å². The molecule has 28 heavy (non-hydrogen) atoms. The molecule has 9 heteroatoms. The maximum atomic E-state index is 12.0. The SMILES string of the molecule is O=C(OC[C@H]1O[C@@H](Oc2ccc(O)c(O)c2)[C@H](O)[C@@H](O)[C@@H]1O)c1ccccc1. The lowest BCUT2D eigenvalue weighted by atomic mass is 9.99. The molecule has 0 saturated carbocycles. The van der Waals surface area contributed by atoms with Crippen LogP contribution in [0, 0.1) is 0 Å². The van der Waals surface area contributed by atoms with Crippen molar-refractivity contribution in [3.8, 4) is 17.2 Å². The van der Waals surface area contributed by atoms with Crippen molar-refractivity contribution in [1.82, 2.24) is 0 Å². The molecule has 150 valence electrons. The number of phenols is 2. The molecule has 1 aliphatic heterocycles. The highest BCUT2D eigenvalue weighted by atomic mass is 16.7. The third-order valence-corrected chi connectivity index (χ3v) is 4.26. The van der Waals surface area contributed by atoms with Crippen LogP contribution in [-0.2, 0) is 9.47 Å². The van der Waals surface area contributed by atoms with Gasteiger partial charge in [0.1, 0.15) is 36.8 Å². The van der Waals surface area contributed by atoms with Crippen LogP contribution >= 0.6 is 0 Å². The predicted molar refractivity (Wildman–Crippen MR) is 93.8 cm³/mol. The van der Waals surface area contributed by atoms with Crippen molar-refractivity contribution >= 4 is 5.97 Å². The minimum atomic E-state index is -1.62. The van der Waals surface area contributed by atoms with Crippen molar-refractivity contribution in [2.24, 2.45) is 0 Å². The van der Waals surface area contributed by atoms with E-state index in [1.165, 1.54) is 12.1 Å². The topological polar surface area (TPSA) is 146 Å². The Morgan fingerprint density at radius 3 is 2.32 bits per heavy atom. The Kier molecular flexibility index (Phi) is 6.00. The Morgan fingerprint density at radius 2 is 1.64 bits per heavy atom. The molecule has 1 saturated heterocycles. The van der Waals surface area contributed by atoms with E-state index in [4.69, 9.17) is 14.2 Å². The van der Waals surface area contributed by atoms with Gasteiger partial charge in [0, 0.05) is 6.07 Å². The number of hydrogen-bond donors (Lipinski definition) is 5. The van der Waals surface area contributed by atoms with Gasteiger partial charge < -0.3 is 39.7 Å². The number of carbonyl (C=O) groups is 1. The largest absolute Gasteiger partial charge is 0.504 e. The first kappa shape index (κ1) is 19.9. The van der Waals surface area contributed by atoms with Gasteiger partial charge in [0.05, 0.1) is 5.56 Å². The van der Waals surface area contributed by atoms with E-state index in [9.17, 15) is 30.3 Å². The van der Waals surface area contributed by atoms with Gasteiger partial charge in [-0.2, -0.15) is 0 Å². The molecule has 1 fully saturated rings. The summed E-state index contributed by atoms with van der Waals surface area (Å²) in [5.74, 6) is -1.41. The Labute approximate surface area is 160 Å². The molecule has 1 aliphatic rings. The zero-order chi connectivity index (χ0) is 20.3. The summed E-state index contributed by atoms with van der Waals surface area (Å²) in [6.45, 7) is -0.390. The van der Waals surface area contributed by atoms with Crippen LogP contribution in [0.1, 0.15) is 10.4 Å². The molecule has 0 spiro atoms. The second-order valence-corrected chi connectivity index (χ2v) is 6.25. The fourth-order valence-corrected chi connectivity index (χ4v) is 2.68. The first-order valence-corrected chi connectivity index (χ1v) is 8.47. The smallest absolute Gasteiger partial charge is 0.338 e. The summed E-state index contributed by atoms with van der Waals surface area (Å²) < 4.78 is 15.9.